The summed E-state index contributed by atoms with van der Waals surface area (Å²) in [5.74, 6) is -0.996. The number of aromatic nitrogens is 4. The number of hydrogen-bond donors (Lipinski definition) is 1. The van der Waals surface area contributed by atoms with Crippen molar-refractivity contribution >= 4 is 11.9 Å². The van der Waals surface area contributed by atoms with Crippen LogP contribution >= 0.6 is 0 Å². The van der Waals surface area contributed by atoms with Crippen LogP contribution in [0.25, 0.3) is 5.82 Å². The highest BCUT2D eigenvalue weighted by atomic mass is 16.5. The van der Waals surface area contributed by atoms with Crippen LogP contribution in [-0.2, 0) is 9.53 Å². The molecular weight excluding hydrogens is 290 g/mol. The smallest absolute Gasteiger partial charge is 0.323 e. The summed E-state index contributed by atoms with van der Waals surface area (Å²) in [5, 5.41) is 12.8. The van der Waals surface area contributed by atoms with E-state index < -0.39 is 18.4 Å². The number of amides is 1. The summed E-state index contributed by atoms with van der Waals surface area (Å²) in [6.45, 7) is 0.0446. The van der Waals surface area contributed by atoms with Gasteiger partial charge in [-0.2, -0.15) is 5.10 Å². The molecule has 2 aromatic rings. The van der Waals surface area contributed by atoms with Crippen molar-refractivity contribution in [3.8, 4) is 5.82 Å². The number of carboxylic acid groups (broad SMARTS) is 1. The zero-order valence-corrected chi connectivity index (χ0v) is 11.9. The summed E-state index contributed by atoms with van der Waals surface area (Å²) >= 11 is 0. The van der Waals surface area contributed by atoms with E-state index in [1.54, 1.807) is 12.1 Å². The molecule has 0 fully saturated rings. The van der Waals surface area contributed by atoms with Crippen LogP contribution in [0.15, 0.2) is 31.0 Å². The van der Waals surface area contributed by atoms with E-state index in [-0.39, 0.29) is 13.2 Å². The number of carboxylic acids is 1. The van der Waals surface area contributed by atoms with E-state index >= 15 is 0 Å². The molecular formula is C13H15N5O4. The van der Waals surface area contributed by atoms with Crippen LogP contribution in [0.3, 0.4) is 0 Å². The van der Waals surface area contributed by atoms with E-state index in [4.69, 9.17) is 9.84 Å². The predicted molar refractivity (Wildman–Crippen MR) is 74.6 cm³/mol. The Balaban J connectivity index is 2.13. The number of rotatable bonds is 7. The maximum absolute atomic E-state index is 12.3. The van der Waals surface area contributed by atoms with Crippen molar-refractivity contribution in [2.75, 3.05) is 26.8 Å². The lowest BCUT2D eigenvalue weighted by Crippen LogP contribution is -2.38. The first kappa shape index (κ1) is 15.6. The third kappa shape index (κ3) is 3.85. The number of hydrogen-bond acceptors (Lipinski definition) is 6. The van der Waals surface area contributed by atoms with Gasteiger partial charge in [0.25, 0.3) is 5.91 Å². The molecule has 0 aliphatic carbocycles. The van der Waals surface area contributed by atoms with Crippen molar-refractivity contribution in [1.82, 2.24) is 24.6 Å². The second kappa shape index (κ2) is 7.27. The molecule has 0 spiro atoms. The number of methoxy groups -OCH3 is 1. The molecule has 0 aliphatic rings. The summed E-state index contributed by atoms with van der Waals surface area (Å²) in [6, 6.07) is 3.17. The Morgan fingerprint density at radius 2 is 2.23 bits per heavy atom. The number of carbonyl (C=O) groups excluding carboxylic acids is 1. The zero-order valence-electron chi connectivity index (χ0n) is 11.9. The molecule has 2 aromatic heterocycles. The van der Waals surface area contributed by atoms with Crippen LogP contribution in [0.1, 0.15) is 10.4 Å². The monoisotopic (exact) mass is 305 g/mol. The van der Waals surface area contributed by atoms with Crippen molar-refractivity contribution in [1.29, 1.82) is 0 Å². The molecule has 0 saturated carbocycles. The topological polar surface area (TPSA) is 110 Å². The van der Waals surface area contributed by atoms with Gasteiger partial charge < -0.3 is 14.7 Å². The van der Waals surface area contributed by atoms with Gasteiger partial charge in [0.05, 0.1) is 12.2 Å². The predicted octanol–water partition coefficient (Wildman–Crippen LogP) is -0.165. The van der Waals surface area contributed by atoms with Gasteiger partial charge in [0.15, 0.2) is 5.82 Å². The molecule has 0 radical (unpaired) electrons. The van der Waals surface area contributed by atoms with Crippen LogP contribution < -0.4 is 0 Å². The molecule has 0 saturated heterocycles. The van der Waals surface area contributed by atoms with Gasteiger partial charge in [0, 0.05) is 19.9 Å². The Morgan fingerprint density at radius 3 is 2.77 bits per heavy atom. The lowest BCUT2D eigenvalue weighted by atomic mass is 10.2. The van der Waals surface area contributed by atoms with Crippen molar-refractivity contribution in [3.05, 3.63) is 36.5 Å². The quantitative estimate of drug-likeness (QED) is 0.756. The molecule has 22 heavy (non-hydrogen) atoms. The van der Waals surface area contributed by atoms with Crippen LogP contribution in [0, 0.1) is 0 Å². The van der Waals surface area contributed by atoms with Gasteiger partial charge >= 0.3 is 5.97 Å². The van der Waals surface area contributed by atoms with E-state index in [2.05, 4.69) is 15.1 Å². The third-order valence-electron chi connectivity index (χ3n) is 2.83. The zero-order chi connectivity index (χ0) is 15.9. The summed E-state index contributed by atoms with van der Waals surface area (Å²) in [7, 11) is 1.48. The molecule has 1 N–H and O–H groups in total. The molecule has 116 valence electrons. The molecule has 2 rings (SSSR count). The highest BCUT2D eigenvalue weighted by molar-refractivity contribution is 5.95. The number of carbonyl (C=O) groups is 2. The molecule has 2 heterocycles. The maximum Gasteiger partial charge on any atom is 0.323 e. The van der Waals surface area contributed by atoms with Crippen molar-refractivity contribution in [2.24, 2.45) is 0 Å². The molecule has 9 nitrogen and oxygen atoms in total. The molecule has 0 unspecified atom stereocenters. The Morgan fingerprint density at radius 1 is 1.41 bits per heavy atom. The van der Waals surface area contributed by atoms with E-state index in [1.165, 1.54) is 35.5 Å². The van der Waals surface area contributed by atoms with E-state index in [1.807, 2.05) is 0 Å². The first-order chi connectivity index (χ1) is 10.6. The highest BCUT2D eigenvalue weighted by Crippen LogP contribution is 2.07. The molecule has 0 atom stereocenters. The van der Waals surface area contributed by atoms with E-state index in [0.717, 1.165) is 0 Å². The molecule has 1 amide bonds. The number of ether oxygens (including phenoxy) is 1. The van der Waals surface area contributed by atoms with Gasteiger partial charge in [-0.1, -0.05) is 0 Å². The Kier molecular flexibility index (Phi) is 5.15. The standard InChI is InChI=1S/C13H15N5O4/c1-22-5-4-17(7-12(19)20)13(21)10-2-3-11(15-6-10)18-9-14-8-16-18/h2-3,6,8-9H,4-5,7H2,1H3,(H,19,20). The molecule has 0 aliphatic heterocycles. The lowest BCUT2D eigenvalue weighted by Gasteiger charge is -2.20. The van der Waals surface area contributed by atoms with Gasteiger partial charge in [-0.3, -0.25) is 9.59 Å². The summed E-state index contributed by atoms with van der Waals surface area (Å²) in [5.41, 5.74) is 0.293. The Hall–Kier alpha value is -2.81. The van der Waals surface area contributed by atoms with E-state index in [0.29, 0.717) is 11.4 Å². The van der Waals surface area contributed by atoms with Gasteiger partial charge in [-0.05, 0) is 12.1 Å². The second-order valence-corrected chi connectivity index (χ2v) is 4.36. The number of pyridine rings is 1. The van der Waals surface area contributed by atoms with Gasteiger partial charge in [-0.25, -0.2) is 14.6 Å². The van der Waals surface area contributed by atoms with Crippen LogP contribution in [0.5, 0.6) is 0 Å². The fourth-order valence-corrected chi connectivity index (χ4v) is 1.77. The van der Waals surface area contributed by atoms with Crippen molar-refractivity contribution in [2.45, 2.75) is 0 Å². The molecule has 0 bridgehead atoms. The number of nitrogens with zero attached hydrogens (tertiary/aromatic N) is 5. The third-order valence-corrected chi connectivity index (χ3v) is 2.83. The van der Waals surface area contributed by atoms with Crippen LogP contribution in [0.4, 0.5) is 0 Å². The van der Waals surface area contributed by atoms with Gasteiger partial charge in [0.1, 0.15) is 19.2 Å². The first-order valence-electron chi connectivity index (χ1n) is 6.43. The number of aliphatic carboxylic acids is 1. The summed E-state index contributed by atoms with van der Waals surface area (Å²) in [6.07, 6.45) is 4.24. The fourth-order valence-electron chi connectivity index (χ4n) is 1.77. The largest absolute Gasteiger partial charge is 0.480 e. The second-order valence-electron chi connectivity index (χ2n) is 4.36. The van der Waals surface area contributed by atoms with E-state index in [9.17, 15) is 9.59 Å². The highest BCUT2D eigenvalue weighted by Gasteiger charge is 2.18. The molecule has 9 heteroatoms. The normalized spacial score (nSPS) is 10.4. The minimum atomic E-state index is -1.09. The fraction of sp³-hybridized carbons (Fsp3) is 0.308. The average Bonchev–Trinajstić information content (AvgIpc) is 3.05. The van der Waals surface area contributed by atoms with Crippen LogP contribution in [0.2, 0.25) is 0 Å². The van der Waals surface area contributed by atoms with Crippen molar-refractivity contribution in [3.63, 3.8) is 0 Å². The summed E-state index contributed by atoms with van der Waals surface area (Å²) in [4.78, 5) is 32.3. The van der Waals surface area contributed by atoms with Crippen LogP contribution in [-0.4, -0.2) is 68.4 Å². The first-order valence-corrected chi connectivity index (χ1v) is 6.43. The Bertz CT molecular complexity index is 626. The van der Waals surface area contributed by atoms with Crippen molar-refractivity contribution < 1.29 is 19.4 Å². The molecule has 0 aromatic carbocycles. The summed E-state index contributed by atoms with van der Waals surface area (Å²) < 4.78 is 6.34. The minimum absolute atomic E-state index is 0.187. The maximum atomic E-state index is 12.3. The Labute approximate surface area is 126 Å². The average molecular weight is 305 g/mol. The minimum Gasteiger partial charge on any atom is -0.480 e. The SMILES string of the molecule is COCCN(CC(=O)O)C(=O)c1ccc(-n2cncn2)nc1. The lowest BCUT2D eigenvalue weighted by molar-refractivity contribution is -0.137. The van der Waals surface area contributed by atoms with Gasteiger partial charge in [-0.15, -0.1) is 0 Å². The van der Waals surface area contributed by atoms with Gasteiger partial charge in [0.2, 0.25) is 0 Å².